The largest absolute Gasteiger partial charge is 0.504 e. The van der Waals surface area contributed by atoms with Gasteiger partial charge in [-0.3, -0.25) is 9.69 Å². The van der Waals surface area contributed by atoms with Gasteiger partial charge in [0.1, 0.15) is 6.10 Å². The second kappa shape index (κ2) is 6.39. The third-order valence-corrected chi connectivity index (χ3v) is 6.83. The summed E-state index contributed by atoms with van der Waals surface area (Å²) in [6.07, 6.45) is 4.49. The number of carbonyl (C=O) groups is 1. The zero-order valence-corrected chi connectivity index (χ0v) is 15.5. The molecule has 2 aliphatic carbocycles. The topological polar surface area (TPSA) is 59.0 Å². The van der Waals surface area contributed by atoms with Gasteiger partial charge in [-0.1, -0.05) is 12.1 Å². The molecule has 0 radical (unpaired) electrons. The summed E-state index contributed by atoms with van der Waals surface area (Å²) >= 11 is 0. The summed E-state index contributed by atoms with van der Waals surface area (Å²) in [6, 6.07) is 4.23. The van der Waals surface area contributed by atoms with Gasteiger partial charge in [0.25, 0.3) is 0 Å². The molecule has 1 heterocycles. The number of piperidine rings is 1. The van der Waals surface area contributed by atoms with E-state index in [9.17, 15) is 9.90 Å². The number of phenols is 1. The zero-order chi connectivity index (χ0) is 18.5. The van der Waals surface area contributed by atoms with Crippen molar-refractivity contribution < 1.29 is 19.4 Å². The molecule has 0 amide bonds. The number of ether oxygens (including phenoxy) is 2. The van der Waals surface area contributed by atoms with Crippen molar-refractivity contribution in [1.29, 1.82) is 0 Å². The third kappa shape index (κ3) is 2.33. The average Bonchev–Trinajstić information content (AvgIpc) is 2.63. The fourth-order valence-corrected chi connectivity index (χ4v) is 5.73. The van der Waals surface area contributed by atoms with Crippen LogP contribution in [0.5, 0.6) is 11.5 Å². The molecular weight excluding hydrogens is 330 g/mol. The van der Waals surface area contributed by atoms with E-state index in [1.54, 1.807) is 14.2 Å². The predicted octanol–water partition coefficient (Wildman–Crippen LogP) is 2.45. The minimum atomic E-state index is -0.339. The molecule has 1 aromatic rings. The molecule has 1 N–H and O–H groups in total. The Bertz CT molecular complexity index is 746. The summed E-state index contributed by atoms with van der Waals surface area (Å²) in [6.45, 7) is 5.67. The monoisotopic (exact) mass is 357 g/mol. The molecule has 5 heteroatoms. The molecule has 1 aliphatic heterocycles. The fraction of sp³-hybridized carbons (Fsp3) is 0.571. The van der Waals surface area contributed by atoms with Gasteiger partial charge in [-0.25, -0.2) is 0 Å². The molecule has 26 heavy (non-hydrogen) atoms. The number of likely N-dealkylation sites (tertiary alicyclic amines) is 1. The quantitative estimate of drug-likeness (QED) is 0.839. The first-order chi connectivity index (χ1) is 12.6. The number of rotatable bonds is 4. The van der Waals surface area contributed by atoms with E-state index in [0.717, 1.165) is 37.1 Å². The average molecular weight is 357 g/mol. The molecule has 1 unspecified atom stereocenters. The van der Waals surface area contributed by atoms with Crippen LogP contribution in [0.2, 0.25) is 0 Å². The van der Waals surface area contributed by atoms with E-state index in [4.69, 9.17) is 9.47 Å². The van der Waals surface area contributed by atoms with E-state index in [1.165, 1.54) is 0 Å². The van der Waals surface area contributed by atoms with Gasteiger partial charge in [0.15, 0.2) is 17.3 Å². The molecule has 140 valence electrons. The maximum absolute atomic E-state index is 12.8. The summed E-state index contributed by atoms with van der Waals surface area (Å²) < 4.78 is 10.9. The first-order valence-corrected chi connectivity index (χ1v) is 9.35. The zero-order valence-electron chi connectivity index (χ0n) is 15.5. The van der Waals surface area contributed by atoms with Crippen molar-refractivity contribution in [3.63, 3.8) is 0 Å². The molecule has 5 nitrogen and oxygen atoms in total. The summed E-state index contributed by atoms with van der Waals surface area (Å²) in [4.78, 5) is 15.3. The van der Waals surface area contributed by atoms with Gasteiger partial charge >= 0.3 is 0 Å². The van der Waals surface area contributed by atoms with Gasteiger partial charge in [-0.15, -0.1) is 6.58 Å². The Morgan fingerprint density at radius 1 is 1.42 bits per heavy atom. The highest BCUT2D eigenvalue weighted by atomic mass is 16.5. The molecule has 4 rings (SSSR count). The molecule has 1 aromatic carbocycles. The maximum Gasteiger partial charge on any atom is 0.162 e. The molecular formula is C21H27NO4. The Morgan fingerprint density at radius 2 is 2.23 bits per heavy atom. The van der Waals surface area contributed by atoms with E-state index >= 15 is 0 Å². The van der Waals surface area contributed by atoms with Crippen LogP contribution in [0.3, 0.4) is 0 Å². The second-order valence-corrected chi connectivity index (χ2v) is 7.82. The van der Waals surface area contributed by atoms with Crippen molar-refractivity contribution in [3.8, 4) is 11.5 Å². The van der Waals surface area contributed by atoms with E-state index < -0.39 is 0 Å². The molecule has 1 saturated heterocycles. The van der Waals surface area contributed by atoms with Gasteiger partial charge < -0.3 is 14.6 Å². The number of benzene rings is 1. The van der Waals surface area contributed by atoms with Crippen LogP contribution in [0.1, 0.15) is 30.4 Å². The van der Waals surface area contributed by atoms with Crippen LogP contribution in [-0.4, -0.2) is 55.2 Å². The minimum absolute atomic E-state index is 0.148. The SMILES string of the molecule is C=CCN1CC[C@@]23CC(=O)C(OC)C[C@@H]2[C@@H]1Cc1ccc(OC)c(O)c13. The van der Waals surface area contributed by atoms with Crippen molar-refractivity contribution in [2.75, 3.05) is 27.3 Å². The van der Waals surface area contributed by atoms with Crippen molar-refractivity contribution in [2.24, 2.45) is 5.92 Å². The fourth-order valence-electron chi connectivity index (χ4n) is 5.73. The first kappa shape index (κ1) is 17.6. The Labute approximate surface area is 154 Å². The number of carbonyl (C=O) groups excluding carboxylic acids is 1. The van der Waals surface area contributed by atoms with Gasteiger partial charge in [0.05, 0.1) is 7.11 Å². The summed E-state index contributed by atoms with van der Waals surface area (Å²) in [5.41, 5.74) is 1.77. The second-order valence-electron chi connectivity index (χ2n) is 7.82. The lowest BCUT2D eigenvalue weighted by Gasteiger charge is -2.59. The molecule has 0 aromatic heterocycles. The smallest absolute Gasteiger partial charge is 0.162 e. The number of fused-ring (bicyclic) bond motifs is 1. The number of aromatic hydroxyl groups is 1. The van der Waals surface area contributed by atoms with Crippen molar-refractivity contribution >= 4 is 5.78 Å². The Kier molecular flexibility index (Phi) is 4.32. The lowest BCUT2D eigenvalue weighted by atomic mass is 9.51. The standard InChI is InChI=1S/C21H27NO4/c1-4-8-22-9-7-21-12-16(23)18(26-3)11-14(21)15(22)10-13-5-6-17(25-2)20(24)19(13)21/h4-6,14-15,18,24H,1,7-12H2,2-3H3/t14-,15+,18?,21-/m1/s1. The maximum atomic E-state index is 12.8. The van der Waals surface area contributed by atoms with Crippen LogP contribution in [0, 0.1) is 5.92 Å². The molecule has 4 atom stereocenters. The number of nitrogens with zero attached hydrogens (tertiary/aromatic N) is 1. The van der Waals surface area contributed by atoms with E-state index in [2.05, 4.69) is 17.5 Å². The van der Waals surface area contributed by atoms with Crippen LogP contribution in [0.25, 0.3) is 0 Å². The lowest BCUT2D eigenvalue weighted by molar-refractivity contribution is -0.142. The van der Waals surface area contributed by atoms with Gasteiger partial charge in [0, 0.05) is 37.1 Å². The van der Waals surface area contributed by atoms with Crippen LogP contribution >= 0.6 is 0 Å². The Balaban J connectivity index is 1.88. The van der Waals surface area contributed by atoms with Crippen LogP contribution in [0.15, 0.2) is 24.8 Å². The summed E-state index contributed by atoms with van der Waals surface area (Å²) in [7, 11) is 3.19. The van der Waals surface area contributed by atoms with Crippen LogP contribution < -0.4 is 4.74 Å². The van der Waals surface area contributed by atoms with Crippen LogP contribution in [-0.2, 0) is 21.4 Å². The van der Waals surface area contributed by atoms with Gasteiger partial charge in [0.2, 0.25) is 0 Å². The summed E-state index contributed by atoms with van der Waals surface area (Å²) in [5, 5.41) is 11.0. The molecule has 3 aliphatic rings. The highest BCUT2D eigenvalue weighted by molar-refractivity contribution is 5.86. The number of hydrogen-bond acceptors (Lipinski definition) is 5. The van der Waals surface area contributed by atoms with Crippen molar-refractivity contribution in [3.05, 3.63) is 35.9 Å². The Hall–Kier alpha value is -1.85. The van der Waals surface area contributed by atoms with E-state index in [0.29, 0.717) is 24.6 Å². The van der Waals surface area contributed by atoms with Crippen molar-refractivity contribution in [1.82, 2.24) is 4.90 Å². The highest BCUT2D eigenvalue weighted by Gasteiger charge is 2.58. The van der Waals surface area contributed by atoms with Gasteiger partial charge in [-0.05, 0) is 43.4 Å². The third-order valence-electron chi connectivity index (χ3n) is 6.83. The molecule has 2 fully saturated rings. The number of methoxy groups -OCH3 is 2. The van der Waals surface area contributed by atoms with Crippen molar-refractivity contribution in [2.45, 2.75) is 43.2 Å². The molecule has 2 bridgehead atoms. The lowest BCUT2D eigenvalue weighted by Crippen LogP contribution is -2.63. The minimum Gasteiger partial charge on any atom is -0.504 e. The molecule has 1 saturated carbocycles. The number of phenolic OH excluding ortho intramolecular Hbond substituents is 1. The van der Waals surface area contributed by atoms with E-state index in [1.807, 2.05) is 12.1 Å². The van der Waals surface area contributed by atoms with Crippen LogP contribution in [0.4, 0.5) is 0 Å². The normalized spacial score (nSPS) is 33.3. The number of hydrogen-bond donors (Lipinski definition) is 1. The van der Waals surface area contributed by atoms with Gasteiger partial charge in [-0.2, -0.15) is 0 Å². The highest BCUT2D eigenvalue weighted by Crippen LogP contribution is 2.58. The Morgan fingerprint density at radius 3 is 2.92 bits per heavy atom. The first-order valence-electron chi connectivity index (χ1n) is 9.35. The number of ketones is 1. The number of Topliss-reactive ketones (excluding diaryl/α,β-unsaturated/α-hetero) is 1. The van der Waals surface area contributed by atoms with E-state index in [-0.39, 0.29) is 29.0 Å². The molecule has 0 spiro atoms. The summed E-state index contributed by atoms with van der Waals surface area (Å²) in [5.74, 6) is 1.14. The predicted molar refractivity (Wildman–Crippen MR) is 98.7 cm³/mol.